The fourth-order valence-corrected chi connectivity index (χ4v) is 2.92. The molecular weight excluding hydrogens is 375 g/mol. The molecule has 0 aliphatic heterocycles. The molecule has 2 aromatic carbocycles. The summed E-state index contributed by atoms with van der Waals surface area (Å²) in [7, 11) is 1.59. The number of hydrogen-bond acceptors (Lipinski definition) is 5. The zero-order chi connectivity index (χ0) is 18.7. The van der Waals surface area contributed by atoms with Crippen molar-refractivity contribution in [2.75, 3.05) is 19.0 Å². The van der Waals surface area contributed by atoms with Crippen LogP contribution in [0, 0.1) is 0 Å². The van der Waals surface area contributed by atoms with Crippen LogP contribution in [0.3, 0.4) is 0 Å². The SMILES string of the molecule is CCOC(=O)c1cnc2c(Cl)c(Cl)ccc2c1Nc1cccc(OC)c1. The Bertz CT molecular complexity index is 976. The maximum atomic E-state index is 12.4. The largest absolute Gasteiger partial charge is 0.497 e. The van der Waals surface area contributed by atoms with Gasteiger partial charge in [0.25, 0.3) is 0 Å². The molecule has 1 N–H and O–H groups in total. The number of benzene rings is 2. The van der Waals surface area contributed by atoms with Gasteiger partial charge in [0.2, 0.25) is 0 Å². The van der Waals surface area contributed by atoms with Gasteiger partial charge in [-0.2, -0.15) is 0 Å². The summed E-state index contributed by atoms with van der Waals surface area (Å²) < 4.78 is 10.4. The lowest BCUT2D eigenvalue weighted by Crippen LogP contribution is -2.09. The Morgan fingerprint density at radius 3 is 2.77 bits per heavy atom. The summed E-state index contributed by atoms with van der Waals surface area (Å²) >= 11 is 12.4. The van der Waals surface area contributed by atoms with Gasteiger partial charge < -0.3 is 14.8 Å². The highest BCUT2D eigenvalue weighted by Gasteiger charge is 2.19. The number of ether oxygens (including phenoxy) is 2. The Kier molecular flexibility index (Phi) is 5.49. The van der Waals surface area contributed by atoms with E-state index in [-0.39, 0.29) is 6.61 Å². The Morgan fingerprint density at radius 1 is 1.23 bits per heavy atom. The Labute approximate surface area is 160 Å². The number of nitrogens with zero attached hydrogens (tertiary/aromatic N) is 1. The maximum Gasteiger partial charge on any atom is 0.341 e. The van der Waals surface area contributed by atoms with Crippen molar-refractivity contribution in [1.82, 2.24) is 4.98 Å². The number of methoxy groups -OCH3 is 1. The number of nitrogens with one attached hydrogen (secondary N) is 1. The number of pyridine rings is 1. The van der Waals surface area contributed by atoms with Crippen molar-refractivity contribution < 1.29 is 14.3 Å². The lowest BCUT2D eigenvalue weighted by atomic mass is 10.1. The maximum absolute atomic E-state index is 12.4. The van der Waals surface area contributed by atoms with Crippen molar-refractivity contribution in [3.8, 4) is 5.75 Å². The molecule has 1 aromatic heterocycles. The standard InChI is InChI=1S/C19H16Cl2N2O3/c1-3-26-19(24)14-10-22-18-13(7-8-15(20)16(18)21)17(14)23-11-5-4-6-12(9-11)25-2/h4-10H,3H2,1-2H3,(H,22,23). The minimum Gasteiger partial charge on any atom is -0.497 e. The zero-order valence-corrected chi connectivity index (χ0v) is 15.7. The van der Waals surface area contributed by atoms with Crippen molar-refractivity contribution in [3.63, 3.8) is 0 Å². The van der Waals surface area contributed by atoms with Crippen LogP contribution in [0.2, 0.25) is 10.0 Å². The van der Waals surface area contributed by atoms with Crippen LogP contribution in [-0.2, 0) is 4.74 Å². The lowest BCUT2D eigenvalue weighted by molar-refractivity contribution is 0.0527. The fraction of sp³-hybridized carbons (Fsp3) is 0.158. The van der Waals surface area contributed by atoms with Gasteiger partial charge in [0, 0.05) is 23.3 Å². The molecule has 26 heavy (non-hydrogen) atoms. The van der Waals surface area contributed by atoms with Crippen molar-refractivity contribution in [2.45, 2.75) is 6.92 Å². The van der Waals surface area contributed by atoms with E-state index in [0.29, 0.717) is 37.9 Å². The molecule has 0 atom stereocenters. The second-order valence-electron chi connectivity index (χ2n) is 5.38. The molecular formula is C19H16Cl2N2O3. The molecule has 1 heterocycles. The number of aromatic nitrogens is 1. The van der Waals surface area contributed by atoms with Crippen molar-refractivity contribution in [2.24, 2.45) is 0 Å². The van der Waals surface area contributed by atoms with E-state index in [1.54, 1.807) is 26.2 Å². The molecule has 0 saturated heterocycles. The molecule has 5 nitrogen and oxygen atoms in total. The predicted octanol–water partition coefficient (Wildman–Crippen LogP) is 5.47. The molecule has 0 spiro atoms. The van der Waals surface area contributed by atoms with Crippen LogP contribution in [0.4, 0.5) is 11.4 Å². The van der Waals surface area contributed by atoms with Crippen LogP contribution in [0.5, 0.6) is 5.75 Å². The normalized spacial score (nSPS) is 10.6. The highest BCUT2D eigenvalue weighted by atomic mass is 35.5. The van der Waals surface area contributed by atoms with Gasteiger partial charge >= 0.3 is 5.97 Å². The predicted molar refractivity (Wildman–Crippen MR) is 104 cm³/mol. The highest BCUT2D eigenvalue weighted by Crippen LogP contribution is 2.36. The van der Waals surface area contributed by atoms with Crippen LogP contribution in [0.25, 0.3) is 10.9 Å². The second kappa shape index (κ2) is 7.81. The third kappa shape index (κ3) is 3.54. The van der Waals surface area contributed by atoms with E-state index >= 15 is 0 Å². The van der Waals surface area contributed by atoms with E-state index in [0.717, 1.165) is 5.69 Å². The number of carbonyl (C=O) groups is 1. The minimum absolute atomic E-state index is 0.261. The summed E-state index contributed by atoms with van der Waals surface area (Å²) in [5, 5.41) is 4.63. The first-order valence-corrected chi connectivity index (χ1v) is 8.65. The topological polar surface area (TPSA) is 60.5 Å². The molecule has 134 valence electrons. The van der Waals surface area contributed by atoms with E-state index in [1.807, 2.05) is 24.3 Å². The summed E-state index contributed by atoms with van der Waals surface area (Å²) in [5.74, 6) is 0.213. The molecule has 0 unspecified atom stereocenters. The molecule has 3 rings (SSSR count). The van der Waals surface area contributed by atoms with Gasteiger partial charge in [0.1, 0.15) is 11.3 Å². The van der Waals surface area contributed by atoms with Gasteiger partial charge in [0.15, 0.2) is 0 Å². The number of anilines is 2. The molecule has 0 fully saturated rings. The highest BCUT2D eigenvalue weighted by molar-refractivity contribution is 6.45. The molecule has 0 amide bonds. The van der Waals surface area contributed by atoms with Gasteiger partial charge in [-0.05, 0) is 31.2 Å². The Hall–Kier alpha value is -2.50. The van der Waals surface area contributed by atoms with Crippen molar-refractivity contribution >= 4 is 51.4 Å². The molecule has 3 aromatic rings. The number of rotatable bonds is 5. The zero-order valence-electron chi connectivity index (χ0n) is 14.2. The first kappa shape index (κ1) is 18.3. The third-order valence-corrected chi connectivity index (χ3v) is 4.56. The first-order chi connectivity index (χ1) is 12.5. The fourth-order valence-electron chi connectivity index (χ4n) is 2.55. The molecule has 0 saturated carbocycles. The molecule has 0 aliphatic carbocycles. The van der Waals surface area contributed by atoms with Gasteiger partial charge in [-0.15, -0.1) is 0 Å². The smallest absolute Gasteiger partial charge is 0.341 e. The van der Waals surface area contributed by atoms with E-state index in [1.165, 1.54) is 6.20 Å². The summed E-state index contributed by atoms with van der Waals surface area (Å²) in [5.41, 5.74) is 2.09. The van der Waals surface area contributed by atoms with E-state index in [4.69, 9.17) is 32.7 Å². The summed E-state index contributed by atoms with van der Waals surface area (Å²) in [6, 6.07) is 10.8. The number of hydrogen-bond donors (Lipinski definition) is 1. The first-order valence-electron chi connectivity index (χ1n) is 7.90. The third-order valence-electron chi connectivity index (χ3n) is 3.76. The van der Waals surface area contributed by atoms with Crippen LogP contribution in [0.15, 0.2) is 42.6 Å². The van der Waals surface area contributed by atoms with E-state index in [9.17, 15) is 4.79 Å². The van der Waals surface area contributed by atoms with Gasteiger partial charge in [-0.3, -0.25) is 4.98 Å². The molecule has 0 radical (unpaired) electrons. The number of esters is 1. The second-order valence-corrected chi connectivity index (χ2v) is 6.17. The monoisotopic (exact) mass is 390 g/mol. The van der Waals surface area contributed by atoms with Crippen LogP contribution >= 0.6 is 23.2 Å². The molecule has 7 heteroatoms. The quantitative estimate of drug-likeness (QED) is 0.585. The minimum atomic E-state index is -0.474. The van der Waals surface area contributed by atoms with Crippen LogP contribution in [0.1, 0.15) is 17.3 Å². The van der Waals surface area contributed by atoms with Crippen molar-refractivity contribution in [3.05, 3.63) is 58.2 Å². The van der Waals surface area contributed by atoms with E-state index < -0.39 is 5.97 Å². The van der Waals surface area contributed by atoms with Gasteiger partial charge in [0.05, 0.1) is 35.0 Å². The number of carbonyl (C=O) groups excluding carboxylic acids is 1. The average Bonchev–Trinajstić information content (AvgIpc) is 2.65. The lowest BCUT2D eigenvalue weighted by Gasteiger charge is -2.15. The Balaban J connectivity index is 2.19. The van der Waals surface area contributed by atoms with E-state index in [2.05, 4.69) is 10.3 Å². The van der Waals surface area contributed by atoms with Crippen LogP contribution < -0.4 is 10.1 Å². The van der Waals surface area contributed by atoms with Gasteiger partial charge in [-0.25, -0.2) is 4.79 Å². The summed E-state index contributed by atoms with van der Waals surface area (Å²) in [6.07, 6.45) is 1.44. The molecule has 0 aliphatic rings. The number of halogens is 2. The van der Waals surface area contributed by atoms with Crippen molar-refractivity contribution in [1.29, 1.82) is 0 Å². The van der Waals surface area contributed by atoms with Crippen LogP contribution in [-0.4, -0.2) is 24.7 Å². The number of fused-ring (bicyclic) bond motifs is 1. The Morgan fingerprint density at radius 2 is 2.04 bits per heavy atom. The molecule has 0 bridgehead atoms. The average molecular weight is 391 g/mol. The summed E-state index contributed by atoms with van der Waals surface area (Å²) in [4.78, 5) is 16.7. The summed E-state index contributed by atoms with van der Waals surface area (Å²) in [6.45, 7) is 2.01. The van der Waals surface area contributed by atoms with Gasteiger partial charge in [-0.1, -0.05) is 29.3 Å².